The number of carbonyl (C=O) groups excluding carboxylic acids is 2. The van der Waals surface area contributed by atoms with Gasteiger partial charge in [-0.15, -0.1) is 0 Å². The van der Waals surface area contributed by atoms with Crippen molar-refractivity contribution in [1.82, 2.24) is 0 Å². The molecule has 1 atom stereocenters. The third kappa shape index (κ3) is 4.90. The lowest BCUT2D eigenvalue weighted by atomic mass is 10.2. The van der Waals surface area contributed by atoms with E-state index in [9.17, 15) is 9.59 Å². The van der Waals surface area contributed by atoms with Crippen molar-refractivity contribution in [1.29, 1.82) is 0 Å². The number of likely N-dealkylation sites (N-methyl/N-ethyl adjacent to an activating group) is 1. The van der Waals surface area contributed by atoms with Gasteiger partial charge in [-0.1, -0.05) is 21.6 Å². The standard InChI is InChI=1S/C9H16NO3S2/c1-10(2,3)4-8-7(11)5-14-15-6-9(12)13-8/h8H,4-6H2,1-3H3/q+1. The van der Waals surface area contributed by atoms with Gasteiger partial charge in [0.25, 0.3) is 0 Å². The Morgan fingerprint density at radius 1 is 1.27 bits per heavy atom. The van der Waals surface area contributed by atoms with Crippen molar-refractivity contribution < 1.29 is 18.8 Å². The highest BCUT2D eigenvalue weighted by molar-refractivity contribution is 8.77. The lowest BCUT2D eigenvalue weighted by Gasteiger charge is -2.28. The zero-order chi connectivity index (χ0) is 11.5. The fourth-order valence-electron chi connectivity index (χ4n) is 1.18. The summed E-state index contributed by atoms with van der Waals surface area (Å²) >= 11 is 0. The van der Waals surface area contributed by atoms with Gasteiger partial charge < -0.3 is 9.22 Å². The molecule has 0 aromatic carbocycles. The number of hydrogen-bond donors (Lipinski definition) is 0. The van der Waals surface area contributed by atoms with Gasteiger partial charge in [0.1, 0.15) is 12.3 Å². The predicted molar refractivity (Wildman–Crippen MR) is 62.7 cm³/mol. The number of ketones is 1. The van der Waals surface area contributed by atoms with Crippen molar-refractivity contribution in [2.24, 2.45) is 0 Å². The highest BCUT2D eigenvalue weighted by Gasteiger charge is 2.30. The Labute approximate surface area is 97.7 Å². The van der Waals surface area contributed by atoms with Crippen LogP contribution in [0.3, 0.4) is 0 Å². The summed E-state index contributed by atoms with van der Waals surface area (Å²) in [6.07, 6.45) is -0.578. The second-order valence-electron chi connectivity index (χ2n) is 4.44. The first kappa shape index (κ1) is 12.9. The first-order chi connectivity index (χ1) is 6.88. The number of cyclic esters (lactones) is 1. The average Bonchev–Trinajstić information content (AvgIpc) is 2.06. The van der Waals surface area contributed by atoms with Crippen molar-refractivity contribution in [2.45, 2.75) is 6.10 Å². The molecule has 0 aromatic rings. The molecule has 1 aliphatic heterocycles. The molecule has 0 saturated carbocycles. The molecule has 0 aromatic heterocycles. The number of nitrogens with zero attached hydrogens (tertiary/aromatic N) is 1. The van der Waals surface area contributed by atoms with Gasteiger partial charge >= 0.3 is 5.97 Å². The van der Waals surface area contributed by atoms with Gasteiger partial charge in [-0.05, 0) is 0 Å². The lowest BCUT2D eigenvalue weighted by molar-refractivity contribution is -0.872. The number of rotatable bonds is 2. The van der Waals surface area contributed by atoms with Crippen LogP contribution in [-0.4, -0.2) is 61.5 Å². The Morgan fingerprint density at radius 3 is 2.47 bits per heavy atom. The molecule has 0 aliphatic carbocycles. The molecule has 0 bridgehead atoms. The minimum Gasteiger partial charge on any atom is -0.448 e. The minimum absolute atomic E-state index is 0.00796. The Morgan fingerprint density at radius 2 is 1.87 bits per heavy atom. The zero-order valence-corrected chi connectivity index (χ0v) is 10.8. The van der Waals surface area contributed by atoms with E-state index in [1.54, 1.807) is 0 Å². The number of esters is 1. The average molecular weight is 250 g/mol. The van der Waals surface area contributed by atoms with Crippen molar-refractivity contribution in [3.8, 4) is 0 Å². The molecule has 15 heavy (non-hydrogen) atoms. The molecule has 4 nitrogen and oxygen atoms in total. The van der Waals surface area contributed by atoms with Gasteiger partial charge in [0.2, 0.25) is 6.10 Å². The molecule has 6 heteroatoms. The van der Waals surface area contributed by atoms with E-state index in [-0.39, 0.29) is 11.8 Å². The smallest absolute Gasteiger partial charge is 0.317 e. The first-order valence-corrected chi connectivity index (χ1v) is 7.14. The topological polar surface area (TPSA) is 43.4 Å². The van der Waals surface area contributed by atoms with E-state index >= 15 is 0 Å². The van der Waals surface area contributed by atoms with Gasteiger partial charge in [0, 0.05) is 0 Å². The van der Waals surface area contributed by atoms with Crippen molar-refractivity contribution in [3.05, 3.63) is 0 Å². The molecular formula is C9H16NO3S2+. The largest absolute Gasteiger partial charge is 0.448 e. The summed E-state index contributed by atoms with van der Waals surface area (Å²) in [4.78, 5) is 22.9. The number of carbonyl (C=O) groups is 2. The second-order valence-corrected chi connectivity index (χ2v) is 6.91. The zero-order valence-electron chi connectivity index (χ0n) is 9.19. The Kier molecular flexibility index (Phi) is 4.48. The monoisotopic (exact) mass is 250 g/mol. The quantitative estimate of drug-likeness (QED) is 0.407. The van der Waals surface area contributed by atoms with Crippen LogP contribution in [0.2, 0.25) is 0 Å². The number of hydrogen-bond acceptors (Lipinski definition) is 5. The maximum absolute atomic E-state index is 11.7. The van der Waals surface area contributed by atoms with Gasteiger partial charge in [-0.25, -0.2) is 0 Å². The van der Waals surface area contributed by atoms with E-state index in [1.165, 1.54) is 21.6 Å². The molecule has 1 aliphatic rings. The molecular weight excluding hydrogens is 234 g/mol. The summed E-state index contributed by atoms with van der Waals surface area (Å²) in [7, 11) is 8.73. The van der Waals surface area contributed by atoms with Crippen LogP contribution in [0.4, 0.5) is 0 Å². The number of Topliss-reactive ketones (excluding diaryl/α,β-unsaturated/α-hetero) is 1. The van der Waals surface area contributed by atoms with Crippen LogP contribution in [0.25, 0.3) is 0 Å². The number of ether oxygens (including phenoxy) is 1. The fraction of sp³-hybridized carbons (Fsp3) is 0.778. The molecule has 0 radical (unpaired) electrons. The molecule has 1 unspecified atom stereocenters. The first-order valence-electron chi connectivity index (χ1n) is 4.65. The maximum atomic E-state index is 11.7. The number of quaternary nitrogens is 1. The van der Waals surface area contributed by atoms with Crippen molar-refractivity contribution >= 4 is 33.3 Å². The van der Waals surface area contributed by atoms with Gasteiger partial charge in [-0.3, -0.25) is 9.59 Å². The van der Waals surface area contributed by atoms with Gasteiger partial charge in [-0.2, -0.15) is 0 Å². The summed E-state index contributed by atoms with van der Waals surface area (Å²) < 4.78 is 5.75. The molecule has 0 amide bonds. The van der Waals surface area contributed by atoms with E-state index in [4.69, 9.17) is 4.74 Å². The Hall–Kier alpha value is -0.200. The van der Waals surface area contributed by atoms with Crippen LogP contribution in [0.1, 0.15) is 0 Å². The van der Waals surface area contributed by atoms with E-state index in [0.717, 1.165) is 0 Å². The SMILES string of the molecule is C[N+](C)(C)CC1OC(=O)CSSCC1=O. The lowest BCUT2D eigenvalue weighted by Crippen LogP contribution is -2.47. The third-order valence-corrected chi connectivity index (χ3v) is 3.94. The third-order valence-electron chi connectivity index (χ3n) is 1.81. The van der Waals surface area contributed by atoms with Gasteiger partial charge in [0.15, 0.2) is 5.78 Å². The predicted octanol–water partition coefficient (Wildman–Crippen LogP) is 0.568. The van der Waals surface area contributed by atoms with Crippen LogP contribution >= 0.6 is 21.6 Å². The molecule has 1 rings (SSSR count). The molecule has 0 N–H and O–H groups in total. The van der Waals surface area contributed by atoms with E-state index in [0.29, 0.717) is 22.5 Å². The van der Waals surface area contributed by atoms with E-state index in [1.807, 2.05) is 21.1 Å². The van der Waals surface area contributed by atoms with E-state index in [2.05, 4.69) is 0 Å². The Bertz CT molecular complexity index is 263. The molecule has 86 valence electrons. The summed E-state index contributed by atoms with van der Waals surface area (Å²) in [5.41, 5.74) is 0. The maximum Gasteiger partial charge on any atom is 0.317 e. The fourth-order valence-corrected chi connectivity index (χ4v) is 2.95. The summed E-state index contributed by atoms with van der Waals surface area (Å²) in [6.45, 7) is 0.538. The van der Waals surface area contributed by atoms with Crippen molar-refractivity contribution in [3.63, 3.8) is 0 Å². The summed E-state index contributed by atoms with van der Waals surface area (Å²) in [5.74, 6) is 0.460. The highest BCUT2D eigenvalue weighted by Crippen LogP contribution is 2.24. The van der Waals surface area contributed by atoms with Crippen LogP contribution in [0, 0.1) is 0 Å². The highest BCUT2D eigenvalue weighted by atomic mass is 33.1. The van der Waals surface area contributed by atoms with Crippen LogP contribution in [0.5, 0.6) is 0 Å². The molecule has 0 spiro atoms. The van der Waals surface area contributed by atoms with Crippen LogP contribution < -0.4 is 0 Å². The second kappa shape index (κ2) is 5.23. The normalized spacial score (nSPS) is 24.3. The molecule has 1 fully saturated rings. The van der Waals surface area contributed by atoms with Gasteiger partial charge in [0.05, 0.1) is 26.9 Å². The summed E-state index contributed by atoms with van der Waals surface area (Å²) in [5, 5.41) is 0. The van der Waals surface area contributed by atoms with E-state index < -0.39 is 6.10 Å². The van der Waals surface area contributed by atoms with Crippen molar-refractivity contribution in [2.75, 3.05) is 39.2 Å². The summed E-state index contributed by atoms with van der Waals surface area (Å²) in [6, 6.07) is 0. The molecule has 1 heterocycles. The Balaban J connectivity index is 2.64. The molecule has 1 saturated heterocycles. The minimum atomic E-state index is -0.578. The van der Waals surface area contributed by atoms with Crippen LogP contribution in [0.15, 0.2) is 0 Å². The van der Waals surface area contributed by atoms with Crippen LogP contribution in [-0.2, 0) is 14.3 Å².